The van der Waals surface area contributed by atoms with Gasteiger partial charge < -0.3 is 18.9 Å². The van der Waals surface area contributed by atoms with E-state index in [2.05, 4.69) is 26.0 Å². The van der Waals surface area contributed by atoms with E-state index in [9.17, 15) is 19.0 Å². The number of hydrogen-bond acceptors (Lipinski definition) is 7. The van der Waals surface area contributed by atoms with Crippen molar-refractivity contribution < 1.29 is 42.1 Å². The van der Waals surface area contributed by atoms with Crippen LogP contribution in [0.1, 0.15) is 316 Å². The van der Waals surface area contributed by atoms with E-state index in [1.807, 2.05) is 21.1 Å². The van der Waals surface area contributed by atoms with Crippen molar-refractivity contribution in [2.24, 2.45) is 0 Å². The van der Waals surface area contributed by atoms with Crippen LogP contribution in [0.2, 0.25) is 0 Å². The molecular weight excluding hydrogens is 906 g/mol. The van der Waals surface area contributed by atoms with E-state index in [-0.39, 0.29) is 25.6 Å². The maximum Gasteiger partial charge on any atom is 0.472 e. The Bertz CT molecular complexity index is 1210. The molecule has 0 aromatic carbocycles. The predicted molar refractivity (Wildman–Crippen MR) is 303 cm³/mol. The van der Waals surface area contributed by atoms with E-state index in [0.717, 1.165) is 51.4 Å². The summed E-state index contributed by atoms with van der Waals surface area (Å²) >= 11 is 0. The zero-order valence-corrected chi connectivity index (χ0v) is 48.9. The fourth-order valence-corrected chi connectivity index (χ4v) is 9.99. The number of unbranched alkanes of at least 4 members (excludes halogenated alkanes) is 42. The molecule has 71 heavy (non-hydrogen) atoms. The van der Waals surface area contributed by atoms with Crippen molar-refractivity contribution in [1.82, 2.24) is 0 Å². The maximum absolute atomic E-state index is 12.8. The predicted octanol–water partition coefficient (Wildman–Crippen LogP) is 19.2. The Hall–Kier alpha value is -1.25. The second-order valence-corrected chi connectivity index (χ2v) is 23.9. The lowest BCUT2D eigenvalue weighted by Crippen LogP contribution is -2.37. The van der Waals surface area contributed by atoms with E-state index in [0.29, 0.717) is 23.9 Å². The topological polar surface area (TPSA) is 108 Å². The molecule has 0 amide bonds. The van der Waals surface area contributed by atoms with Crippen molar-refractivity contribution in [3.8, 4) is 0 Å². The third-order valence-corrected chi connectivity index (χ3v) is 15.0. The van der Waals surface area contributed by atoms with Crippen LogP contribution in [0.25, 0.3) is 0 Å². The zero-order valence-electron chi connectivity index (χ0n) is 48.0. The highest BCUT2D eigenvalue weighted by Crippen LogP contribution is 2.43. The average molecular weight is 1030 g/mol. The number of phosphoric acid groups is 1. The van der Waals surface area contributed by atoms with Crippen molar-refractivity contribution in [2.75, 3.05) is 47.5 Å². The van der Waals surface area contributed by atoms with Gasteiger partial charge in [0.1, 0.15) is 19.8 Å². The maximum atomic E-state index is 12.8. The molecule has 422 valence electrons. The largest absolute Gasteiger partial charge is 0.472 e. The highest BCUT2D eigenvalue weighted by atomic mass is 31.2. The summed E-state index contributed by atoms with van der Waals surface area (Å²) in [4.78, 5) is 35.6. The molecule has 0 aliphatic rings. The summed E-state index contributed by atoms with van der Waals surface area (Å²) in [6.07, 6.45) is 63.1. The Morgan fingerprint density at radius 3 is 1.04 bits per heavy atom. The van der Waals surface area contributed by atoms with E-state index in [1.165, 1.54) is 231 Å². The summed E-state index contributed by atoms with van der Waals surface area (Å²) < 4.78 is 34.5. The van der Waals surface area contributed by atoms with Gasteiger partial charge in [0.25, 0.3) is 0 Å². The number of carbonyl (C=O) groups is 2. The third-order valence-electron chi connectivity index (χ3n) is 14.0. The van der Waals surface area contributed by atoms with Crippen LogP contribution in [0.15, 0.2) is 12.2 Å². The first-order valence-corrected chi connectivity index (χ1v) is 32.4. The highest BCUT2D eigenvalue weighted by Gasteiger charge is 2.27. The molecule has 0 aromatic heterocycles. The van der Waals surface area contributed by atoms with Crippen molar-refractivity contribution in [3.63, 3.8) is 0 Å². The van der Waals surface area contributed by atoms with Crippen LogP contribution >= 0.6 is 7.82 Å². The number of ether oxygens (including phenoxy) is 2. The zero-order chi connectivity index (χ0) is 52.0. The van der Waals surface area contributed by atoms with Gasteiger partial charge in [0.15, 0.2) is 6.10 Å². The highest BCUT2D eigenvalue weighted by molar-refractivity contribution is 7.47. The number of hydrogen-bond donors (Lipinski definition) is 1. The molecule has 0 rings (SSSR count). The molecule has 10 heteroatoms. The molecule has 0 aliphatic carbocycles. The van der Waals surface area contributed by atoms with Gasteiger partial charge >= 0.3 is 19.8 Å². The Labute approximate surface area is 441 Å². The second-order valence-electron chi connectivity index (χ2n) is 22.5. The Kier molecular flexibility index (Phi) is 52.6. The molecule has 2 unspecified atom stereocenters. The van der Waals surface area contributed by atoms with Gasteiger partial charge in [-0.05, 0) is 38.5 Å². The van der Waals surface area contributed by atoms with E-state index in [1.54, 1.807) is 0 Å². The lowest BCUT2D eigenvalue weighted by Gasteiger charge is -2.24. The number of nitrogens with zero attached hydrogens (tertiary/aromatic N) is 1. The molecule has 0 aliphatic heterocycles. The van der Waals surface area contributed by atoms with Gasteiger partial charge in [-0.3, -0.25) is 18.6 Å². The van der Waals surface area contributed by atoms with E-state index >= 15 is 0 Å². The summed E-state index contributed by atoms with van der Waals surface area (Å²) in [5.74, 6) is -0.789. The summed E-state index contributed by atoms with van der Waals surface area (Å²) in [7, 11) is 1.49. The molecule has 0 radical (unpaired) electrons. The molecule has 0 bridgehead atoms. The van der Waals surface area contributed by atoms with Crippen LogP contribution in [0, 0.1) is 0 Å². The summed E-state index contributed by atoms with van der Waals surface area (Å²) in [6, 6.07) is 0. The van der Waals surface area contributed by atoms with Gasteiger partial charge in [-0.25, -0.2) is 4.57 Å². The van der Waals surface area contributed by atoms with Gasteiger partial charge in [0.2, 0.25) is 0 Å². The molecule has 0 fully saturated rings. The minimum atomic E-state index is -4.38. The molecular formula is C61H121NO8P+. The fourth-order valence-electron chi connectivity index (χ4n) is 9.25. The molecule has 0 saturated heterocycles. The van der Waals surface area contributed by atoms with Crippen LogP contribution in [0.4, 0.5) is 0 Å². The minimum absolute atomic E-state index is 0.0337. The van der Waals surface area contributed by atoms with Gasteiger partial charge in [0, 0.05) is 12.8 Å². The monoisotopic (exact) mass is 1030 g/mol. The van der Waals surface area contributed by atoms with Crippen molar-refractivity contribution >= 4 is 19.8 Å². The Morgan fingerprint density at radius 2 is 0.718 bits per heavy atom. The lowest BCUT2D eigenvalue weighted by atomic mass is 10.0. The lowest BCUT2D eigenvalue weighted by molar-refractivity contribution is -0.870. The van der Waals surface area contributed by atoms with Gasteiger partial charge in [0.05, 0.1) is 27.7 Å². The first-order chi connectivity index (χ1) is 34.5. The summed E-state index contributed by atoms with van der Waals surface area (Å²) in [5, 5.41) is 0. The molecule has 0 aromatic rings. The van der Waals surface area contributed by atoms with Crippen molar-refractivity contribution in [1.29, 1.82) is 0 Å². The summed E-state index contributed by atoms with van der Waals surface area (Å²) in [5.41, 5.74) is 0. The van der Waals surface area contributed by atoms with Crippen molar-refractivity contribution in [3.05, 3.63) is 12.2 Å². The number of carbonyl (C=O) groups excluding carboxylic acids is 2. The number of phosphoric ester groups is 1. The van der Waals surface area contributed by atoms with E-state index < -0.39 is 26.5 Å². The van der Waals surface area contributed by atoms with Gasteiger partial charge in [-0.2, -0.15) is 0 Å². The number of rotatable bonds is 58. The Morgan fingerprint density at radius 1 is 0.423 bits per heavy atom. The molecule has 0 heterocycles. The van der Waals surface area contributed by atoms with Crippen LogP contribution in [0.3, 0.4) is 0 Å². The first kappa shape index (κ1) is 69.8. The number of allylic oxidation sites excluding steroid dienone is 2. The van der Waals surface area contributed by atoms with Crippen LogP contribution in [-0.2, 0) is 32.7 Å². The molecule has 9 nitrogen and oxygen atoms in total. The van der Waals surface area contributed by atoms with Crippen LogP contribution in [-0.4, -0.2) is 74.9 Å². The minimum Gasteiger partial charge on any atom is -0.462 e. The smallest absolute Gasteiger partial charge is 0.462 e. The number of esters is 2. The van der Waals surface area contributed by atoms with Crippen LogP contribution < -0.4 is 0 Å². The Balaban J connectivity index is 3.95. The average Bonchev–Trinajstić information content (AvgIpc) is 3.33. The van der Waals surface area contributed by atoms with Gasteiger partial charge in [-0.1, -0.05) is 276 Å². The molecule has 0 saturated carbocycles. The van der Waals surface area contributed by atoms with Crippen LogP contribution in [0.5, 0.6) is 0 Å². The van der Waals surface area contributed by atoms with Crippen molar-refractivity contribution in [2.45, 2.75) is 322 Å². The normalized spacial score (nSPS) is 13.3. The third kappa shape index (κ3) is 57.9. The fraction of sp³-hybridized carbons (Fsp3) is 0.934. The summed E-state index contributed by atoms with van der Waals surface area (Å²) in [6.45, 7) is 4.47. The van der Waals surface area contributed by atoms with Gasteiger partial charge in [-0.15, -0.1) is 0 Å². The number of likely N-dealkylation sites (N-methyl/N-ethyl adjacent to an activating group) is 1. The molecule has 1 N–H and O–H groups in total. The number of quaternary nitrogens is 1. The quantitative estimate of drug-likeness (QED) is 0.0211. The molecule has 2 atom stereocenters. The second kappa shape index (κ2) is 53.6. The standard InChI is InChI=1S/C61H120NO8P/c1-6-8-10-12-14-16-18-20-22-23-24-25-26-27-28-29-30-31-32-33-34-35-36-37-38-40-41-43-45-47-49-51-53-60(63)67-57-59(58-69-71(65,66)68-56-55-62(3,4)5)70-61(64)54-52-50-48-46-44-42-39-21-19-17-15-13-11-9-7-2/h21,39,59H,6-20,22-38,40-58H2,1-5H3/p+1/b39-21-. The molecule has 0 spiro atoms. The first-order valence-electron chi connectivity index (χ1n) is 30.9. The SMILES string of the molecule is CCCCCCCC/C=C\CCCCCCCC(=O)OC(COC(=O)CCCCCCCCCCCCCCCCCCCCCCCCCCCCCCCCCC)COP(=O)(O)OCC[N+](C)(C)C. The van der Waals surface area contributed by atoms with E-state index in [4.69, 9.17) is 18.5 Å².